The summed E-state index contributed by atoms with van der Waals surface area (Å²) >= 11 is 0. The zero-order chi connectivity index (χ0) is 18.5. The number of benzene rings is 1. The zero-order valence-electron chi connectivity index (χ0n) is 16.2. The molecule has 1 fully saturated rings. The van der Waals surface area contributed by atoms with Crippen LogP contribution >= 0.6 is 0 Å². The molecule has 1 aliphatic rings. The van der Waals surface area contributed by atoms with Crippen molar-refractivity contribution in [3.05, 3.63) is 18.0 Å². The number of carbonyl (C=O) groups excluding carboxylic acids is 1. The number of hydrogen-bond donors (Lipinski definition) is 3. The molecule has 142 valence electrons. The molecular weight excluding hydrogens is 326 g/mol. The molecule has 2 aromatic rings. The fraction of sp³-hybridized carbons (Fsp3) is 0.600. The Morgan fingerprint density at radius 1 is 1.27 bits per heavy atom. The van der Waals surface area contributed by atoms with Crippen LogP contribution in [0.25, 0.3) is 11.0 Å². The van der Waals surface area contributed by atoms with Crippen molar-refractivity contribution < 1.29 is 4.79 Å². The minimum Gasteiger partial charge on any atom is -0.376 e. The summed E-state index contributed by atoms with van der Waals surface area (Å²) in [6, 6.07) is 3.90. The predicted molar refractivity (Wildman–Crippen MR) is 108 cm³/mol. The van der Waals surface area contributed by atoms with Crippen molar-refractivity contribution in [1.29, 1.82) is 0 Å². The van der Waals surface area contributed by atoms with Gasteiger partial charge in [-0.2, -0.15) is 0 Å². The molecule has 3 N–H and O–H groups in total. The standard InChI is InChI=1S/C20H31N5O/c1-4-5-11-21-20(26)24-17-12-15-16(13-18(17)25(2)3)23-19(22-15)14-9-7-6-8-10-14/h12-14H,4-11H2,1-3H3,(H,22,23)(H2,21,24,26). The van der Waals surface area contributed by atoms with Gasteiger partial charge in [0, 0.05) is 26.6 Å². The Kier molecular flexibility index (Phi) is 6.01. The lowest BCUT2D eigenvalue weighted by molar-refractivity contribution is 0.252. The SMILES string of the molecule is CCCCNC(=O)Nc1cc2[nH]c(C3CCCCC3)nc2cc1N(C)C. The van der Waals surface area contributed by atoms with Crippen LogP contribution in [0.15, 0.2) is 12.1 Å². The molecule has 1 aliphatic carbocycles. The molecule has 1 aromatic carbocycles. The van der Waals surface area contributed by atoms with Gasteiger partial charge < -0.3 is 20.5 Å². The molecule has 0 aliphatic heterocycles. The second-order valence-corrected chi connectivity index (χ2v) is 7.47. The summed E-state index contributed by atoms with van der Waals surface area (Å²) in [5.41, 5.74) is 3.71. The minimum atomic E-state index is -0.159. The largest absolute Gasteiger partial charge is 0.376 e. The van der Waals surface area contributed by atoms with Gasteiger partial charge in [0.2, 0.25) is 0 Å². The Bertz CT molecular complexity index is 746. The molecular formula is C20H31N5O. The smallest absolute Gasteiger partial charge is 0.319 e. The van der Waals surface area contributed by atoms with E-state index in [9.17, 15) is 4.79 Å². The molecule has 1 aromatic heterocycles. The highest BCUT2D eigenvalue weighted by Gasteiger charge is 2.20. The number of amides is 2. The number of urea groups is 1. The highest BCUT2D eigenvalue weighted by Crippen LogP contribution is 2.34. The van der Waals surface area contributed by atoms with Gasteiger partial charge in [-0.05, 0) is 31.4 Å². The maximum Gasteiger partial charge on any atom is 0.319 e. The number of aromatic amines is 1. The Labute approximate surface area is 155 Å². The number of anilines is 2. The highest BCUT2D eigenvalue weighted by atomic mass is 16.2. The van der Waals surface area contributed by atoms with Crippen LogP contribution < -0.4 is 15.5 Å². The van der Waals surface area contributed by atoms with Crippen molar-refractivity contribution in [3.8, 4) is 0 Å². The summed E-state index contributed by atoms with van der Waals surface area (Å²) in [5, 5.41) is 5.90. The van der Waals surface area contributed by atoms with Crippen molar-refractivity contribution in [2.24, 2.45) is 0 Å². The molecule has 2 amide bonds. The number of aromatic nitrogens is 2. The first kappa shape index (κ1) is 18.5. The third kappa shape index (κ3) is 4.29. The third-order valence-corrected chi connectivity index (χ3v) is 5.16. The third-order valence-electron chi connectivity index (χ3n) is 5.16. The number of nitrogens with zero attached hydrogens (tertiary/aromatic N) is 2. The molecule has 0 unspecified atom stereocenters. The Balaban J connectivity index is 1.84. The number of carbonyl (C=O) groups is 1. The first-order chi connectivity index (χ1) is 12.6. The number of H-pyrrole nitrogens is 1. The molecule has 6 heteroatoms. The lowest BCUT2D eigenvalue weighted by Crippen LogP contribution is -2.30. The summed E-state index contributed by atoms with van der Waals surface area (Å²) in [6.07, 6.45) is 8.38. The lowest BCUT2D eigenvalue weighted by atomic mass is 9.89. The van der Waals surface area contributed by atoms with Gasteiger partial charge in [0.25, 0.3) is 0 Å². The summed E-state index contributed by atoms with van der Waals surface area (Å²) in [4.78, 5) is 22.5. The van der Waals surface area contributed by atoms with Gasteiger partial charge in [-0.3, -0.25) is 0 Å². The molecule has 6 nitrogen and oxygen atoms in total. The Morgan fingerprint density at radius 3 is 2.73 bits per heavy atom. The van der Waals surface area contributed by atoms with Crippen LogP contribution in [0.4, 0.5) is 16.2 Å². The van der Waals surface area contributed by atoms with Crippen molar-refractivity contribution in [1.82, 2.24) is 15.3 Å². The van der Waals surface area contributed by atoms with Gasteiger partial charge in [-0.15, -0.1) is 0 Å². The quantitative estimate of drug-likeness (QED) is 0.662. The molecule has 1 heterocycles. The predicted octanol–water partition coefficient (Wildman–Crippen LogP) is 4.60. The average Bonchev–Trinajstić information content (AvgIpc) is 3.05. The van der Waals surface area contributed by atoms with E-state index >= 15 is 0 Å². The van der Waals surface area contributed by atoms with E-state index in [0.29, 0.717) is 12.5 Å². The van der Waals surface area contributed by atoms with E-state index in [4.69, 9.17) is 4.98 Å². The van der Waals surface area contributed by atoms with Gasteiger partial charge >= 0.3 is 6.03 Å². The topological polar surface area (TPSA) is 73.0 Å². The van der Waals surface area contributed by atoms with E-state index < -0.39 is 0 Å². The van der Waals surface area contributed by atoms with Gasteiger partial charge in [0.15, 0.2) is 0 Å². The molecule has 0 atom stereocenters. The average molecular weight is 358 g/mol. The van der Waals surface area contributed by atoms with Crippen LogP contribution in [0.3, 0.4) is 0 Å². The van der Waals surface area contributed by atoms with Crippen molar-refractivity contribution in [2.75, 3.05) is 30.9 Å². The second-order valence-electron chi connectivity index (χ2n) is 7.47. The second kappa shape index (κ2) is 8.43. The molecule has 3 rings (SSSR count). The first-order valence-corrected chi connectivity index (χ1v) is 9.84. The van der Waals surface area contributed by atoms with Crippen LogP contribution in [0.2, 0.25) is 0 Å². The molecule has 0 saturated heterocycles. The summed E-state index contributed by atoms with van der Waals surface area (Å²) < 4.78 is 0. The number of unbranched alkanes of at least 4 members (excludes halogenated alkanes) is 1. The van der Waals surface area contributed by atoms with Gasteiger partial charge in [-0.1, -0.05) is 32.6 Å². The lowest BCUT2D eigenvalue weighted by Gasteiger charge is -2.18. The van der Waals surface area contributed by atoms with Crippen LogP contribution in [0.5, 0.6) is 0 Å². The Hall–Kier alpha value is -2.24. The van der Waals surface area contributed by atoms with E-state index in [1.807, 2.05) is 25.1 Å². The van der Waals surface area contributed by atoms with Crippen molar-refractivity contribution in [3.63, 3.8) is 0 Å². The number of rotatable bonds is 6. The number of imidazole rings is 1. The first-order valence-electron chi connectivity index (χ1n) is 9.84. The number of fused-ring (bicyclic) bond motifs is 1. The minimum absolute atomic E-state index is 0.159. The fourth-order valence-electron chi connectivity index (χ4n) is 3.65. The maximum atomic E-state index is 12.2. The number of hydrogen-bond acceptors (Lipinski definition) is 3. The zero-order valence-corrected chi connectivity index (χ0v) is 16.2. The van der Waals surface area contributed by atoms with Crippen molar-refractivity contribution >= 4 is 28.4 Å². The maximum absolute atomic E-state index is 12.2. The number of nitrogens with one attached hydrogen (secondary N) is 3. The molecule has 0 spiro atoms. The van der Waals surface area contributed by atoms with Crippen LogP contribution in [-0.4, -0.2) is 36.6 Å². The van der Waals surface area contributed by atoms with Gasteiger partial charge in [0.1, 0.15) is 5.82 Å². The van der Waals surface area contributed by atoms with Gasteiger partial charge in [0.05, 0.1) is 22.4 Å². The molecule has 0 radical (unpaired) electrons. The summed E-state index contributed by atoms with van der Waals surface area (Å²) in [5.74, 6) is 1.63. The summed E-state index contributed by atoms with van der Waals surface area (Å²) in [7, 11) is 3.96. The summed E-state index contributed by atoms with van der Waals surface area (Å²) in [6.45, 7) is 2.80. The normalized spacial score (nSPS) is 15.2. The molecule has 1 saturated carbocycles. The molecule has 26 heavy (non-hydrogen) atoms. The van der Waals surface area contributed by atoms with Crippen LogP contribution in [0.1, 0.15) is 63.6 Å². The van der Waals surface area contributed by atoms with E-state index in [1.165, 1.54) is 32.1 Å². The van der Waals surface area contributed by atoms with E-state index in [2.05, 4.69) is 28.6 Å². The van der Waals surface area contributed by atoms with E-state index in [0.717, 1.165) is 41.1 Å². The Morgan fingerprint density at radius 2 is 2.04 bits per heavy atom. The van der Waals surface area contributed by atoms with Gasteiger partial charge in [-0.25, -0.2) is 9.78 Å². The molecule has 0 bridgehead atoms. The van der Waals surface area contributed by atoms with Crippen LogP contribution in [-0.2, 0) is 0 Å². The van der Waals surface area contributed by atoms with E-state index in [1.54, 1.807) is 0 Å². The van der Waals surface area contributed by atoms with Crippen LogP contribution in [0, 0.1) is 0 Å². The van der Waals surface area contributed by atoms with E-state index in [-0.39, 0.29) is 6.03 Å². The van der Waals surface area contributed by atoms with Crippen molar-refractivity contribution in [2.45, 2.75) is 57.8 Å². The highest BCUT2D eigenvalue weighted by molar-refractivity contribution is 5.97. The monoisotopic (exact) mass is 357 g/mol. The fourth-order valence-corrected chi connectivity index (χ4v) is 3.65.